The standard InChI is InChI=1S/C15H29NO/c1-12(10-11-15(16)13(2)17)6-5-9-14-7-3-4-8-14/h12,14-15H,3-11,16H2,1-2H3/t12-,15+/m1/s1. The first-order valence-electron chi connectivity index (χ1n) is 7.35. The van der Waals surface area contributed by atoms with Crippen LogP contribution < -0.4 is 5.73 Å². The number of nitrogens with two attached hydrogens (primary N) is 1. The molecule has 2 heteroatoms. The van der Waals surface area contributed by atoms with Crippen LogP contribution in [0.4, 0.5) is 0 Å². The second kappa shape index (κ2) is 7.86. The smallest absolute Gasteiger partial charge is 0.146 e. The molecule has 0 bridgehead atoms. The lowest BCUT2D eigenvalue weighted by Gasteiger charge is -2.15. The molecule has 0 radical (unpaired) electrons. The molecular formula is C15H29NO. The first-order valence-corrected chi connectivity index (χ1v) is 7.35. The maximum Gasteiger partial charge on any atom is 0.146 e. The average Bonchev–Trinajstić information content (AvgIpc) is 2.78. The molecule has 2 N–H and O–H groups in total. The van der Waals surface area contributed by atoms with Gasteiger partial charge in [-0.1, -0.05) is 51.9 Å². The van der Waals surface area contributed by atoms with Gasteiger partial charge in [-0.25, -0.2) is 0 Å². The number of hydrogen-bond acceptors (Lipinski definition) is 2. The molecule has 0 aromatic heterocycles. The molecule has 0 aromatic carbocycles. The lowest BCUT2D eigenvalue weighted by Crippen LogP contribution is -2.28. The van der Waals surface area contributed by atoms with Crippen LogP contribution in [0.2, 0.25) is 0 Å². The van der Waals surface area contributed by atoms with Gasteiger partial charge in [0.2, 0.25) is 0 Å². The van der Waals surface area contributed by atoms with Gasteiger partial charge < -0.3 is 5.73 Å². The molecule has 1 rings (SSSR count). The largest absolute Gasteiger partial charge is 0.322 e. The molecule has 1 fully saturated rings. The molecule has 0 heterocycles. The minimum absolute atomic E-state index is 0.128. The van der Waals surface area contributed by atoms with E-state index in [1.165, 1.54) is 44.9 Å². The van der Waals surface area contributed by atoms with Crippen molar-refractivity contribution in [2.45, 2.75) is 77.7 Å². The molecule has 1 aliphatic rings. The van der Waals surface area contributed by atoms with Crippen molar-refractivity contribution in [2.75, 3.05) is 0 Å². The van der Waals surface area contributed by atoms with Gasteiger partial charge in [-0.05, 0) is 31.6 Å². The van der Waals surface area contributed by atoms with Crippen LogP contribution >= 0.6 is 0 Å². The predicted molar refractivity (Wildman–Crippen MR) is 72.9 cm³/mol. The third-order valence-corrected chi connectivity index (χ3v) is 4.28. The summed E-state index contributed by atoms with van der Waals surface area (Å²) in [4.78, 5) is 11.0. The Balaban J connectivity index is 2.00. The Morgan fingerprint density at radius 2 is 1.88 bits per heavy atom. The number of rotatable bonds is 8. The summed E-state index contributed by atoms with van der Waals surface area (Å²) in [6.07, 6.45) is 11.9. The van der Waals surface area contributed by atoms with Gasteiger partial charge in [-0.2, -0.15) is 0 Å². The normalized spacial score (nSPS) is 20.4. The molecule has 2 nitrogen and oxygen atoms in total. The molecule has 1 saturated carbocycles. The van der Waals surface area contributed by atoms with Crippen molar-refractivity contribution in [2.24, 2.45) is 17.6 Å². The van der Waals surface area contributed by atoms with E-state index in [9.17, 15) is 4.79 Å². The number of hydrogen-bond donors (Lipinski definition) is 1. The quantitative estimate of drug-likeness (QED) is 0.702. The highest BCUT2D eigenvalue weighted by molar-refractivity contribution is 5.80. The van der Waals surface area contributed by atoms with Gasteiger partial charge in [0, 0.05) is 0 Å². The zero-order valence-electron chi connectivity index (χ0n) is 11.6. The van der Waals surface area contributed by atoms with Crippen molar-refractivity contribution in [3.63, 3.8) is 0 Å². The zero-order valence-corrected chi connectivity index (χ0v) is 11.6. The van der Waals surface area contributed by atoms with Gasteiger partial charge in [0.15, 0.2) is 0 Å². The number of Topliss-reactive ketones (excluding diaryl/α,β-unsaturated/α-hetero) is 1. The van der Waals surface area contributed by atoms with Crippen molar-refractivity contribution in [1.82, 2.24) is 0 Å². The van der Waals surface area contributed by atoms with Crippen LogP contribution in [0, 0.1) is 11.8 Å². The fourth-order valence-corrected chi connectivity index (χ4v) is 2.87. The van der Waals surface area contributed by atoms with Crippen LogP contribution in [0.25, 0.3) is 0 Å². The molecule has 0 aliphatic heterocycles. The van der Waals surface area contributed by atoms with E-state index >= 15 is 0 Å². The molecule has 17 heavy (non-hydrogen) atoms. The first kappa shape index (κ1) is 14.7. The van der Waals surface area contributed by atoms with Crippen molar-refractivity contribution in [3.8, 4) is 0 Å². The molecule has 0 aromatic rings. The van der Waals surface area contributed by atoms with E-state index in [1.807, 2.05) is 0 Å². The SMILES string of the molecule is CC(=O)[C@@H](N)CC[C@H](C)CCCC1CCCC1. The summed E-state index contributed by atoms with van der Waals surface area (Å²) in [6.45, 7) is 3.89. The minimum Gasteiger partial charge on any atom is -0.322 e. The number of ketones is 1. The third kappa shape index (κ3) is 6.21. The van der Waals surface area contributed by atoms with Gasteiger partial charge in [0.05, 0.1) is 6.04 Å². The Kier molecular flexibility index (Phi) is 6.79. The summed E-state index contributed by atoms with van der Waals surface area (Å²) in [7, 11) is 0. The Bertz CT molecular complexity index is 221. The first-order chi connectivity index (χ1) is 8.09. The van der Waals surface area contributed by atoms with Crippen molar-refractivity contribution < 1.29 is 4.79 Å². The van der Waals surface area contributed by atoms with Crippen LogP contribution in [0.5, 0.6) is 0 Å². The lowest BCUT2D eigenvalue weighted by atomic mass is 9.92. The Labute approximate surface area is 106 Å². The second-order valence-corrected chi connectivity index (χ2v) is 5.98. The van der Waals surface area contributed by atoms with E-state index in [2.05, 4.69) is 6.92 Å². The monoisotopic (exact) mass is 239 g/mol. The number of carbonyl (C=O) groups is 1. The summed E-state index contributed by atoms with van der Waals surface area (Å²) < 4.78 is 0. The third-order valence-electron chi connectivity index (χ3n) is 4.28. The lowest BCUT2D eigenvalue weighted by molar-refractivity contribution is -0.118. The number of carbonyl (C=O) groups excluding carboxylic acids is 1. The van der Waals surface area contributed by atoms with E-state index in [-0.39, 0.29) is 11.8 Å². The Morgan fingerprint density at radius 3 is 2.47 bits per heavy atom. The van der Waals surface area contributed by atoms with Crippen LogP contribution in [-0.4, -0.2) is 11.8 Å². The zero-order chi connectivity index (χ0) is 12.7. The van der Waals surface area contributed by atoms with Crippen molar-refractivity contribution in [3.05, 3.63) is 0 Å². The van der Waals surface area contributed by atoms with Gasteiger partial charge in [0.1, 0.15) is 5.78 Å². The Hall–Kier alpha value is -0.370. The van der Waals surface area contributed by atoms with Crippen molar-refractivity contribution >= 4 is 5.78 Å². The topological polar surface area (TPSA) is 43.1 Å². The molecule has 0 saturated heterocycles. The molecule has 1 aliphatic carbocycles. The summed E-state index contributed by atoms with van der Waals surface area (Å²) in [6, 6.07) is -0.229. The van der Waals surface area contributed by atoms with E-state index in [1.54, 1.807) is 6.92 Å². The van der Waals surface area contributed by atoms with E-state index in [4.69, 9.17) is 5.73 Å². The minimum atomic E-state index is -0.229. The van der Waals surface area contributed by atoms with E-state index in [0.29, 0.717) is 0 Å². The summed E-state index contributed by atoms with van der Waals surface area (Å²) in [5.74, 6) is 1.87. The maximum absolute atomic E-state index is 11.0. The molecular weight excluding hydrogens is 210 g/mol. The Morgan fingerprint density at radius 1 is 1.24 bits per heavy atom. The molecule has 0 spiro atoms. The van der Waals surface area contributed by atoms with E-state index < -0.39 is 0 Å². The highest BCUT2D eigenvalue weighted by Gasteiger charge is 2.15. The molecule has 0 unspecified atom stereocenters. The van der Waals surface area contributed by atoms with Crippen LogP contribution in [-0.2, 0) is 4.79 Å². The van der Waals surface area contributed by atoms with E-state index in [0.717, 1.165) is 24.7 Å². The highest BCUT2D eigenvalue weighted by atomic mass is 16.1. The fraction of sp³-hybridized carbons (Fsp3) is 0.933. The van der Waals surface area contributed by atoms with Gasteiger partial charge >= 0.3 is 0 Å². The predicted octanol–water partition coefficient (Wildman–Crippen LogP) is 3.68. The summed E-state index contributed by atoms with van der Waals surface area (Å²) in [5.41, 5.74) is 5.74. The molecule has 0 amide bonds. The fourth-order valence-electron chi connectivity index (χ4n) is 2.87. The van der Waals surface area contributed by atoms with Gasteiger partial charge in [-0.3, -0.25) is 4.79 Å². The van der Waals surface area contributed by atoms with Gasteiger partial charge in [0.25, 0.3) is 0 Å². The van der Waals surface area contributed by atoms with Crippen molar-refractivity contribution in [1.29, 1.82) is 0 Å². The van der Waals surface area contributed by atoms with Crippen LogP contribution in [0.3, 0.4) is 0 Å². The summed E-state index contributed by atoms with van der Waals surface area (Å²) in [5, 5.41) is 0. The average molecular weight is 239 g/mol. The molecule has 2 atom stereocenters. The summed E-state index contributed by atoms with van der Waals surface area (Å²) >= 11 is 0. The van der Waals surface area contributed by atoms with Crippen LogP contribution in [0.15, 0.2) is 0 Å². The highest BCUT2D eigenvalue weighted by Crippen LogP contribution is 2.29. The molecule has 100 valence electrons. The van der Waals surface area contributed by atoms with Gasteiger partial charge in [-0.15, -0.1) is 0 Å². The maximum atomic E-state index is 11.0. The second-order valence-electron chi connectivity index (χ2n) is 5.98. The van der Waals surface area contributed by atoms with Crippen LogP contribution in [0.1, 0.15) is 71.6 Å².